The third-order valence-electron chi connectivity index (χ3n) is 3.88. The number of carbonyl (C=O) groups is 1. The Hall–Kier alpha value is -1.55. The first-order valence-corrected chi connectivity index (χ1v) is 7.15. The molecule has 1 atom stereocenters. The minimum absolute atomic E-state index is 0.0907. The van der Waals surface area contributed by atoms with Gasteiger partial charge < -0.3 is 14.4 Å². The van der Waals surface area contributed by atoms with Crippen LogP contribution >= 0.6 is 0 Å². The summed E-state index contributed by atoms with van der Waals surface area (Å²) in [6.45, 7) is 1.80. The summed E-state index contributed by atoms with van der Waals surface area (Å²) in [6.07, 6.45) is 3.36. The van der Waals surface area contributed by atoms with Crippen LogP contribution in [0.3, 0.4) is 0 Å². The summed E-state index contributed by atoms with van der Waals surface area (Å²) in [5.74, 6) is 1.37. The lowest BCUT2D eigenvalue weighted by Crippen LogP contribution is -2.36. The molecule has 0 aromatic heterocycles. The molecular formula is C16H23NO3. The van der Waals surface area contributed by atoms with E-state index in [-0.39, 0.29) is 12.5 Å². The van der Waals surface area contributed by atoms with Gasteiger partial charge in [-0.2, -0.15) is 0 Å². The van der Waals surface area contributed by atoms with Crippen LogP contribution in [-0.4, -0.2) is 44.7 Å². The molecule has 110 valence electrons. The van der Waals surface area contributed by atoms with Gasteiger partial charge in [0.05, 0.1) is 7.11 Å². The molecule has 1 aliphatic rings. The molecule has 0 spiro atoms. The summed E-state index contributed by atoms with van der Waals surface area (Å²) in [4.78, 5) is 13.9. The Kier molecular flexibility index (Phi) is 5.41. The average molecular weight is 277 g/mol. The normalized spacial score (nSPS) is 19.5. The van der Waals surface area contributed by atoms with Crippen molar-refractivity contribution < 1.29 is 14.3 Å². The monoisotopic (exact) mass is 277 g/mol. The summed E-state index contributed by atoms with van der Waals surface area (Å²) in [5, 5.41) is 0. The highest BCUT2D eigenvalue weighted by Crippen LogP contribution is 2.27. The van der Waals surface area contributed by atoms with Crippen LogP contribution in [0.25, 0.3) is 0 Å². The number of ether oxygens (including phenoxy) is 2. The number of hydrogen-bond acceptors (Lipinski definition) is 3. The maximum Gasteiger partial charge on any atom is 0.248 e. The number of hydrogen-bond donors (Lipinski definition) is 0. The number of nitrogens with zero attached hydrogens (tertiary/aromatic N) is 1. The number of amides is 1. The van der Waals surface area contributed by atoms with E-state index in [4.69, 9.17) is 9.47 Å². The van der Waals surface area contributed by atoms with E-state index in [1.807, 2.05) is 17.0 Å². The minimum atomic E-state index is 0.0907. The fourth-order valence-electron chi connectivity index (χ4n) is 2.73. The molecule has 1 amide bonds. The van der Waals surface area contributed by atoms with E-state index in [0.29, 0.717) is 5.92 Å². The van der Waals surface area contributed by atoms with Crippen LogP contribution in [0, 0.1) is 0 Å². The molecule has 0 bridgehead atoms. The Bertz CT molecular complexity index is 430. The van der Waals surface area contributed by atoms with Gasteiger partial charge >= 0.3 is 0 Å². The van der Waals surface area contributed by atoms with Gasteiger partial charge in [0, 0.05) is 26.1 Å². The van der Waals surface area contributed by atoms with Crippen molar-refractivity contribution in [1.82, 2.24) is 4.90 Å². The first-order chi connectivity index (χ1) is 9.74. The molecule has 1 aromatic rings. The van der Waals surface area contributed by atoms with Crippen LogP contribution in [-0.2, 0) is 9.53 Å². The molecule has 2 rings (SSSR count). The molecule has 1 aliphatic heterocycles. The van der Waals surface area contributed by atoms with Gasteiger partial charge in [-0.3, -0.25) is 4.79 Å². The largest absolute Gasteiger partial charge is 0.497 e. The minimum Gasteiger partial charge on any atom is -0.497 e. The van der Waals surface area contributed by atoms with Crippen molar-refractivity contribution in [2.75, 3.05) is 33.9 Å². The van der Waals surface area contributed by atoms with Gasteiger partial charge in [0.25, 0.3) is 0 Å². The van der Waals surface area contributed by atoms with Gasteiger partial charge in [0.15, 0.2) is 0 Å². The molecule has 4 heteroatoms. The van der Waals surface area contributed by atoms with Crippen LogP contribution in [0.4, 0.5) is 0 Å². The Morgan fingerprint density at radius 2 is 2.00 bits per heavy atom. The molecule has 1 aromatic carbocycles. The fraction of sp³-hybridized carbons (Fsp3) is 0.562. The topological polar surface area (TPSA) is 38.8 Å². The quantitative estimate of drug-likeness (QED) is 0.848. The number of benzene rings is 1. The molecule has 4 nitrogen and oxygen atoms in total. The van der Waals surface area contributed by atoms with Crippen molar-refractivity contribution in [3.8, 4) is 5.75 Å². The van der Waals surface area contributed by atoms with Crippen LogP contribution in [0.1, 0.15) is 30.7 Å². The second-order valence-electron chi connectivity index (χ2n) is 5.24. The van der Waals surface area contributed by atoms with E-state index in [1.54, 1.807) is 14.2 Å². The molecule has 0 aliphatic carbocycles. The molecule has 0 saturated carbocycles. The molecule has 1 saturated heterocycles. The first kappa shape index (κ1) is 14.9. The molecular weight excluding hydrogens is 254 g/mol. The Labute approximate surface area is 120 Å². The van der Waals surface area contributed by atoms with Gasteiger partial charge in [0.2, 0.25) is 5.91 Å². The third-order valence-corrected chi connectivity index (χ3v) is 3.88. The van der Waals surface area contributed by atoms with Gasteiger partial charge in [-0.05, 0) is 30.5 Å². The van der Waals surface area contributed by atoms with Crippen molar-refractivity contribution >= 4 is 5.91 Å². The highest BCUT2D eigenvalue weighted by atomic mass is 16.5. The predicted octanol–water partition coefficient (Wildman–Crippen LogP) is 2.44. The van der Waals surface area contributed by atoms with Crippen molar-refractivity contribution in [1.29, 1.82) is 0 Å². The number of carbonyl (C=O) groups excluding carboxylic acids is 1. The van der Waals surface area contributed by atoms with Crippen LogP contribution in [0.5, 0.6) is 5.75 Å². The molecule has 0 radical (unpaired) electrons. The van der Waals surface area contributed by atoms with Crippen LogP contribution < -0.4 is 4.74 Å². The fourth-order valence-corrected chi connectivity index (χ4v) is 2.73. The molecule has 1 heterocycles. The summed E-state index contributed by atoms with van der Waals surface area (Å²) in [6, 6.07) is 8.19. The highest BCUT2D eigenvalue weighted by molar-refractivity contribution is 5.77. The van der Waals surface area contributed by atoms with E-state index in [9.17, 15) is 4.79 Å². The van der Waals surface area contributed by atoms with Crippen molar-refractivity contribution in [3.63, 3.8) is 0 Å². The summed E-state index contributed by atoms with van der Waals surface area (Å²) in [7, 11) is 3.24. The number of rotatable bonds is 4. The number of likely N-dealkylation sites (tertiary alicyclic amines) is 1. The van der Waals surface area contributed by atoms with Crippen molar-refractivity contribution in [2.45, 2.75) is 25.2 Å². The second kappa shape index (κ2) is 7.29. The summed E-state index contributed by atoms with van der Waals surface area (Å²) in [5.41, 5.74) is 1.28. The SMILES string of the molecule is COCC(=O)N1CCCCC(c2ccc(OC)cc2)C1. The zero-order chi connectivity index (χ0) is 14.4. The molecule has 0 N–H and O–H groups in total. The van der Waals surface area contributed by atoms with Gasteiger partial charge in [0.1, 0.15) is 12.4 Å². The van der Waals surface area contributed by atoms with Crippen LogP contribution in [0.15, 0.2) is 24.3 Å². The lowest BCUT2D eigenvalue weighted by molar-refractivity contribution is -0.135. The van der Waals surface area contributed by atoms with Gasteiger partial charge in [-0.1, -0.05) is 18.6 Å². The second-order valence-corrected chi connectivity index (χ2v) is 5.24. The number of methoxy groups -OCH3 is 2. The maximum absolute atomic E-state index is 12.0. The first-order valence-electron chi connectivity index (χ1n) is 7.15. The third kappa shape index (κ3) is 3.73. The molecule has 1 fully saturated rings. The maximum atomic E-state index is 12.0. The summed E-state index contributed by atoms with van der Waals surface area (Å²) < 4.78 is 10.2. The van der Waals surface area contributed by atoms with E-state index in [0.717, 1.165) is 38.1 Å². The predicted molar refractivity (Wildman–Crippen MR) is 78.0 cm³/mol. The van der Waals surface area contributed by atoms with Gasteiger partial charge in [-0.25, -0.2) is 0 Å². The Morgan fingerprint density at radius 1 is 1.25 bits per heavy atom. The zero-order valence-corrected chi connectivity index (χ0v) is 12.3. The lowest BCUT2D eigenvalue weighted by atomic mass is 9.94. The van der Waals surface area contributed by atoms with Gasteiger partial charge in [-0.15, -0.1) is 0 Å². The van der Waals surface area contributed by atoms with E-state index in [2.05, 4.69) is 12.1 Å². The van der Waals surface area contributed by atoms with E-state index in [1.165, 1.54) is 5.56 Å². The highest BCUT2D eigenvalue weighted by Gasteiger charge is 2.22. The van der Waals surface area contributed by atoms with E-state index >= 15 is 0 Å². The van der Waals surface area contributed by atoms with E-state index < -0.39 is 0 Å². The van der Waals surface area contributed by atoms with Crippen LogP contribution in [0.2, 0.25) is 0 Å². The Balaban J connectivity index is 2.07. The molecule has 1 unspecified atom stereocenters. The van der Waals surface area contributed by atoms with Crippen molar-refractivity contribution in [2.24, 2.45) is 0 Å². The zero-order valence-electron chi connectivity index (χ0n) is 12.3. The molecule has 20 heavy (non-hydrogen) atoms. The average Bonchev–Trinajstić information content (AvgIpc) is 2.74. The lowest BCUT2D eigenvalue weighted by Gasteiger charge is -2.24. The smallest absolute Gasteiger partial charge is 0.248 e. The summed E-state index contributed by atoms with van der Waals surface area (Å²) >= 11 is 0. The van der Waals surface area contributed by atoms with Crippen molar-refractivity contribution in [3.05, 3.63) is 29.8 Å². The standard InChI is InChI=1S/C16H23NO3/c1-19-12-16(18)17-10-4-3-5-14(11-17)13-6-8-15(20-2)9-7-13/h6-9,14H,3-5,10-12H2,1-2H3. The Morgan fingerprint density at radius 3 is 2.65 bits per heavy atom.